The molecule has 2 heterocycles. The van der Waals surface area contributed by atoms with Crippen molar-refractivity contribution in [1.29, 1.82) is 0 Å². The van der Waals surface area contributed by atoms with Gasteiger partial charge in [-0.3, -0.25) is 4.21 Å². The van der Waals surface area contributed by atoms with Gasteiger partial charge in [0.2, 0.25) is 10.1 Å². The number of nitrogens with zero attached hydrogens (tertiary/aromatic N) is 6. The third-order valence-electron chi connectivity index (χ3n) is 1.50. The summed E-state index contributed by atoms with van der Waals surface area (Å²) in [6.45, 7) is 0. The normalized spacial score (nSPS) is 12.5. The van der Waals surface area contributed by atoms with Crippen LogP contribution in [0.2, 0.25) is 0 Å². The molecule has 11 nitrogen and oxygen atoms in total. The van der Waals surface area contributed by atoms with Gasteiger partial charge in [0.05, 0.1) is 0 Å². The number of carbonyl (C=O) groups is 1. The minimum atomic E-state index is -2.45. The Morgan fingerprint density at radius 2 is 2.15 bits per heavy atom. The molecule has 1 unspecified atom stereocenters. The molecule has 2 aromatic heterocycles. The van der Waals surface area contributed by atoms with Crippen LogP contribution in [0.4, 0.5) is 10.3 Å². The van der Waals surface area contributed by atoms with Crippen molar-refractivity contribution in [1.82, 2.24) is 20.4 Å². The van der Waals surface area contributed by atoms with Gasteiger partial charge in [-0.25, -0.2) is 10.2 Å². The van der Waals surface area contributed by atoms with Gasteiger partial charge in [-0.1, -0.05) is 33.0 Å². The van der Waals surface area contributed by atoms with Gasteiger partial charge in [0.1, 0.15) is 0 Å². The highest BCUT2D eigenvalue weighted by molar-refractivity contribution is 7.81. The fourth-order valence-corrected chi connectivity index (χ4v) is 2.53. The zero-order valence-corrected chi connectivity index (χ0v) is 12.3. The Bertz CT molecular complexity index is 668. The first-order chi connectivity index (χ1) is 9.60. The summed E-state index contributed by atoms with van der Waals surface area (Å²) < 4.78 is 25.1. The minimum absolute atomic E-state index is 0.0334. The number of aromatic nitrogens is 4. The molecule has 0 aliphatic rings. The van der Waals surface area contributed by atoms with Crippen molar-refractivity contribution < 1.29 is 17.7 Å². The molecule has 0 amide bonds. The molecule has 2 aromatic rings. The number of thiol groups is 1. The second-order valence-electron chi connectivity index (χ2n) is 2.69. The summed E-state index contributed by atoms with van der Waals surface area (Å²) in [6.07, 6.45) is 0. The van der Waals surface area contributed by atoms with Crippen molar-refractivity contribution in [3.05, 3.63) is 5.01 Å². The zero-order chi connectivity index (χ0) is 14.5. The van der Waals surface area contributed by atoms with Crippen LogP contribution in [-0.4, -0.2) is 35.1 Å². The second-order valence-corrected chi connectivity index (χ2v) is 5.92. The number of hydrogen-bond donors (Lipinski definition) is 2. The van der Waals surface area contributed by atoms with E-state index in [0.29, 0.717) is 0 Å². The van der Waals surface area contributed by atoms with Crippen LogP contribution in [0.3, 0.4) is 0 Å². The lowest BCUT2D eigenvalue weighted by Gasteiger charge is -1.94. The average molecular weight is 352 g/mol. The lowest BCUT2D eigenvalue weighted by atomic mass is 10.7. The van der Waals surface area contributed by atoms with Crippen molar-refractivity contribution in [2.75, 3.05) is 5.43 Å². The third kappa shape index (κ3) is 3.73. The number of nitrogens with one attached hydrogen (secondary N) is 1. The predicted octanol–water partition coefficient (Wildman–Crippen LogP) is 0.740. The Morgan fingerprint density at radius 1 is 1.35 bits per heavy atom. The highest BCUT2D eigenvalue weighted by Crippen LogP contribution is 2.21. The fourth-order valence-electron chi connectivity index (χ4n) is 0.810. The summed E-state index contributed by atoms with van der Waals surface area (Å²) in [6, 6.07) is 0. The van der Waals surface area contributed by atoms with Crippen molar-refractivity contribution in [2.24, 2.45) is 10.3 Å². The molecule has 0 radical (unpaired) electrons. The monoisotopic (exact) mass is 352 g/mol. The maximum absolute atomic E-state index is 11.0. The van der Waals surface area contributed by atoms with Crippen LogP contribution < -0.4 is 5.43 Å². The molecule has 1 N–H and O–H groups in total. The Balaban J connectivity index is 1.97. The van der Waals surface area contributed by atoms with Gasteiger partial charge in [-0.05, 0) is 0 Å². The molecular weight excluding hydrogens is 350 g/mol. The summed E-state index contributed by atoms with van der Waals surface area (Å²) in [5, 5.41) is 21.2. The van der Waals surface area contributed by atoms with Crippen molar-refractivity contribution in [3.8, 4) is 0 Å². The first-order valence-corrected chi connectivity index (χ1v) is 7.46. The van der Waals surface area contributed by atoms with E-state index in [2.05, 4.69) is 53.3 Å². The van der Waals surface area contributed by atoms with Gasteiger partial charge in [0.25, 0.3) is 5.13 Å². The molecule has 2 rings (SSSR count). The van der Waals surface area contributed by atoms with Crippen LogP contribution >= 0.6 is 35.6 Å². The van der Waals surface area contributed by atoms with Crippen molar-refractivity contribution in [2.45, 2.75) is 4.34 Å². The number of hydrogen-bond acceptors (Lipinski definition) is 13. The fraction of sp³-hybridized carbons (Fsp3) is 0. The first-order valence-electron chi connectivity index (χ1n) is 4.39. The Kier molecular flexibility index (Phi) is 5.01. The Hall–Kier alpha value is -1.55. The van der Waals surface area contributed by atoms with E-state index < -0.39 is 17.0 Å². The maximum Gasteiger partial charge on any atom is 0.381 e. The molecule has 0 saturated carbocycles. The molecular formula is C5H2N7O4S4-. The lowest BCUT2D eigenvalue weighted by molar-refractivity contribution is 0.0771. The molecule has 0 aliphatic carbocycles. The molecule has 15 heteroatoms. The second kappa shape index (κ2) is 6.75. The van der Waals surface area contributed by atoms with Crippen molar-refractivity contribution >= 4 is 62.9 Å². The molecule has 20 heavy (non-hydrogen) atoms. The van der Waals surface area contributed by atoms with E-state index >= 15 is 0 Å². The number of rotatable bonds is 5. The van der Waals surface area contributed by atoms with E-state index in [1.54, 1.807) is 0 Å². The van der Waals surface area contributed by atoms with E-state index in [1.807, 2.05) is 0 Å². The van der Waals surface area contributed by atoms with Gasteiger partial charge < -0.3 is 8.74 Å². The summed E-state index contributed by atoms with van der Waals surface area (Å²) in [4.78, 5) is 11.0. The quantitative estimate of drug-likeness (QED) is 0.260. The average Bonchev–Trinajstić information content (AvgIpc) is 3.07. The molecule has 106 valence electrons. The van der Waals surface area contributed by atoms with Crippen LogP contribution in [-0.2, 0) is 15.3 Å². The van der Waals surface area contributed by atoms with Gasteiger partial charge in [0, 0.05) is 24.0 Å². The molecule has 0 bridgehead atoms. The molecule has 0 fully saturated rings. The van der Waals surface area contributed by atoms with Gasteiger partial charge >= 0.3 is 5.97 Å². The standard InChI is InChI=1S/C5H3N7O4S4/c13-2(16-17)1-6-7-3(18-1)9-12-10-4-8-11-5(19-4)20(14)15/h17H,(H,14,15)(H,7,8,9,10)/p-1. The highest BCUT2D eigenvalue weighted by atomic mass is 32.2. The maximum atomic E-state index is 11.0. The third-order valence-corrected chi connectivity index (χ3v) is 4.10. The summed E-state index contributed by atoms with van der Waals surface area (Å²) in [5.41, 5.74) is 2.36. The molecule has 0 aliphatic heterocycles. The highest BCUT2D eigenvalue weighted by Gasteiger charge is 2.13. The minimum Gasteiger partial charge on any atom is -0.767 e. The van der Waals surface area contributed by atoms with Gasteiger partial charge in [-0.2, -0.15) is 0 Å². The van der Waals surface area contributed by atoms with Crippen LogP contribution in [0.15, 0.2) is 14.7 Å². The van der Waals surface area contributed by atoms with Gasteiger partial charge in [-0.15, -0.1) is 20.4 Å². The van der Waals surface area contributed by atoms with Crippen LogP contribution in [0.25, 0.3) is 0 Å². The molecule has 0 spiro atoms. The summed E-state index contributed by atoms with van der Waals surface area (Å²) >= 11 is 2.49. The van der Waals surface area contributed by atoms with Crippen LogP contribution in [0.1, 0.15) is 9.80 Å². The zero-order valence-electron chi connectivity index (χ0n) is 8.99. The van der Waals surface area contributed by atoms with E-state index in [1.165, 1.54) is 0 Å². The Labute approximate surface area is 126 Å². The SMILES string of the molecule is O=C(OS)c1nnc(N=NNc2nnc(S(=O)[O-])s2)s1. The topological polar surface area (TPSA) is 155 Å². The van der Waals surface area contributed by atoms with Crippen molar-refractivity contribution in [3.63, 3.8) is 0 Å². The number of anilines is 1. The lowest BCUT2D eigenvalue weighted by Crippen LogP contribution is -1.96. The van der Waals surface area contributed by atoms with E-state index in [9.17, 15) is 13.6 Å². The van der Waals surface area contributed by atoms with Gasteiger partial charge in [0.15, 0.2) is 4.34 Å². The summed E-state index contributed by atoms with van der Waals surface area (Å²) in [5.74, 6) is -0.757. The molecule has 0 saturated heterocycles. The molecule has 0 aromatic carbocycles. The summed E-state index contributed by atoms with van der Waals surface area (Å²) in [7, 11) is 0. The van der Waals surface area contributed by atoms with Crippen LogP contribution in [0, 0.1) is 0 Å². The Morgan fingerprint density at radius 3 is 2.80 bits per heavy atom. The van der Waals surface area contributed by atoms with E-state index in [4.69, 9.17) is 0 Å². The smallest absolute Gasteiger partial charge is 0.381 e. The molecule has 1 atom stereocenters. The number of carbonyl (C=O) groups excluding carboxylic acids is 1. The first kappa shape index (κ1) is 14.9. The predicted molar refractivity (Wildman–Crippen MR) is 69.5 cm³/mol. The van der Waals surface area contributed by atoms with E-state index in [-0.39, 0.29) is 19.6 Å². The largest absolute Gasteiger partial charge is 0.767 e. The van der Waals surface area contributed by atoms with E-state index in [0.717, 1.165) is 22.7 Å². The van der Waals surface area contributed by atoms with Crippen LogP contribution in [0.5, 0.6) is 0 Å².